The highest BCUT2D eigenvalue weighted by Gasteiger charge is 2.21. The van der Waals surface area contributed by atoms with Gasteiger partial charge in [-0.25, -0.2) is 15.0 Å². The number of fused-ring (bicyclic) bond motifs is 5. The van der Waals surface area contributed by atoms with Gasteiger partial charge in [-0.3, -0.25) is 4.99 Å². The summed E-state index contributed by atoms with van der Waals surface area (Å²) in [5.41, 5.74) is 18.7. The summed E-state index contributed by atoms with van der Waals surface area (Å²) in [5, 5.41) is 4.53. The minimum atomic E-state index is 0.685. The first-order valence-corrected chi connectivity index (χ1v) is 21.6. The minimum absolute atomic E-state index is 0.685. The van der Waals surface area contributed by atoms with Gasteiger partial charge >= 0.3 is 0 Å². The van der Waals surface area contributed by atoms with Crippen molar-refractivity contribution in [2.45, 2.75) is 25.7 Å². The zero-order valence-corrected chi connectivity index (χ0v) is 34.1. The molecule has 0 saturated carbocycles. The normalized spacial score (nSPS) is 13.3. The summed E-state index contributed by atoms with van der Waals surface area (Å²) < 4.78 is 0. The van der Waals surface area contributed by atoms with Crippen molar-refractivity contribution in [3.8, 4) is 56.2 Å². The zero-order chi connectivity index (χ0) is 41.0. The topological polar surface area (TPSA) is 51.0 Å². The van der Waals surface area contributed by atoms with E-state index in [9.17, 15) is 0 Å². The average Bonchev–Trinajstić information content (AvgIpc) is 3.35. The number of pyridine rings is 1. The Morgan fingerprint density at radius 3 is 2.06 bits per heavy atom. The molecule has 0 spiro atoms. The molecular weight excluding hydrogens is 753 g/mol. The maximum absolute atomic E-state index is 5.54. The first-order valence-electron chi connectivity index (χ1n) is 21.6. The summed E-state index contributed by atoms with van der Waals surface area (Å²) in [6.07, 6.45) is 8.61. The monoisotopic (exact) mass is 792 g/mol. The summed E-state index contributed by atoms with van der Waals surface area (Å²) in [6, 6.07) is 65.1. The van der Waals surface area contributed by atoms with Crippen LogP contribution in [0.25, 0.3) is 94.8 Å². The van der Waals surface area contributed by atoms with E-state index in [-0.39, 0.29) is 0 Å². The van der Waals surface area contributed by atoms with Gasteiger partial charge in [0, 0.05) is 38.7 Å². The summed E-state index contributed by atoms with van der Waals surface area (Å²) in [6.45, 7) is 0. The van der Waals surface area contributed by atoms with E-state index in [0.29, 0.717) is 5.82 Å². The molecule has 0 unspecified atom stereocenters. The van der Waals surface area contributed by atoms with E-state index in [1.165, 1.54) is 33.0 Å². The molecule has 1 aliphatic carbocycles. The predicted molar refractivity (Wildman–Crippen MR) is 258 cm³/mol. The molecule has 2 aliphatic rings. The quantitative estimate of drug-likeness (QED) is 0.168. The van der Waals surface area contributed by atoms with Gasteiger partial charge in [0.25, 0.3) is 0 Å². The number of rotatable bonds is 6. The van der Waals surface area contributed by atoms with Crippen molar-refractivity contribution in [3.63, 3.8) is 0 Å². The molecule has 4 nitrogen and oxygen atoms in total. The second-order valence-corrected chi connectivity index (χ2v) is 16.4. The molecule has 0 radical (unpaired) electrons. The molecule has 2 aromatic heterocycles. The van der Waals surface area contributed by atoms with Gasteiger partial charge in [-0.2, -0.15) is 0 Å². The van der Waals surface area contributed by atoms with Gasteiger partial charge in [-0.1, -0.05) is 164 Å². The highest BCUT2D eigenvalue weighted by Crippen LogP contribution is 2.42. The molecule has 8 aromatic carbocycles. The fourth-order valence-electron chi connectivity index (χ4n) is 9.45. The van der Waals surface area contributed by atoms with E-state index in [4.69, 9.17) is 19.9 Å². The molecule has 1 aliphatic heterocycles. The Morgan fingerprint density at radius 1 is 0.419 bits per heavy atom. The van der Waals surface area contributed by atoms with Crippen LogP contribution in [0.2, 0.25) is 0 Å². The third-order valence-corrected chi connectivity index (χ3v) is 12.7. The molecule has 0 N–H and O–H groups in total. The van der Waals surface area contributed by atoms with E-state index in [2.05, 4.69) is 188 Å². The van der Waals surface area contributed by atoms with E-state index in [0.717, 1.165) is 109 Å². The number of hydrogen-bond acceptors (Lipinski definition) is 4. The highest BCUT2D eigenvalue weighted by molar-refractivity contribution is 6.10. The minimum Gasteiger partial charge on any atom is -0.253 e. The molecule has 62 heavy (non-hydrogen) atoms. The number of benzene rings is 8. The van der Waals surface area contributed by atoms with Crippen LogP contribution < -0.4 is 0 Å². The smallest absolute Gasteiger partial charge is 0.160 e. The van der Waals surface area contributed by atoms with Crippen LogP contribution in [0.5, 0.6) is 0 Å². The van der Waals surface area contributed by atoms with Crippen molar-refractivity contribution < 1.29 is 0 Å². The number of nitrogens with zero attached hydrogens (tertiary/aromatic N) is 4. The largest absolute Gasteiger partial charge is 0.253 e. The summed E-state index contributed by atoms with van der Waals surface area (Å²) in [7, 11) is 0. The van der Waals surface area contributed by atoms with Crippen LogP contribution in [-0.4, -0.2) is 20.7 Å². The van der Waals surface area contributed by atoms with Crippen molar-refractivity contribution in [1.29, 1.82) is 0 Å². The third-order valence-electron chi connectivity index (χ3n) is 12.7. The first kappa shape index (κ1) is 36.1. The van der Waals surface area contributed by atoms with Crippen LogP contribution >= 0.6 is 0 Å². The van der Waals surface area contributed by atoms with E-state index >= 15 is 0 Å². The Balaban J connectivity index is 1.08. The van der Waals surface area contributed by atoms with Gasteiger partial charge in [0.05, 0.1) is 28.1 Å². The van der Waals surface area contributed by atoms with Crippen LogP contribution in [0.3, 0.4) is 0 Å². The van der Waals surface area contributed by atoms with Gasteiger partial charge in [0.1, 0.15) is 0 Å². The van der Waals surface area contributed by atoms with Crippen LogP contribution in [0.4, 0.5) is 5.69 Å². The lowest BCUT2D eigenvalue weighted by atomic mass is 9.87. The van der Waals surface area contributed by atoms with Crippen molar-refractivity contribution in [2.24, 2.45) is 4.99 Å². The first-order chi connectivity index (χ1) is 30.7. The lowest BCUT2D eigenvalue weighted by molar-refractivity contribution is 0.986. The molecule has 4 heteroatoms. The fraction of sp³-hybridized carbons (Fsp3) is 0.0690. The molecular formula is C58H40N4. The fourth-order valence-corrected chi connectivity index (χ4v) is 9.45. The van der Waals surface area contributed by atoms with Gasteiger partial charge in [0.15, 0.2) is 5.82 Å². The number of allylic oxidation sites excluding steroid dienone is 1. The van der Waals surface area contributed by atoms with Crippen molar-refractivity contribution >= 4 is 50.1 Å². The van der Waals surface area contributed by atoms with Gasteiger partial charge in [-0.05, 0) is 106 Å². The highest BCUT2D eigenvalue weighted by atomic mass is 14.9. The molecule has 0 saturated heterocycles. The van der Waals surface area contributed by atoms with E-state index in [1.54, 1.807) is 0 Å². The molecule has 12 rings (SSSR count). The molecule has 292 valence electrons. The molecule has 0 fully saturated rings. The Bertz CT molecular complexity index is 3450. The second-order valence-electron chi connectivity index (χ2n) is 16.4. The van der Waals surface area contributed by atoms with E-state index in [1.807, 2.05) is 6.07 Å². The predicted octanol–water partition coefficient (Wildman–Crippen LogP) is 14.7. The molecule has 0 bridgehead atoms. The molecule has 10 aromatic rings. The van der Waals surface area contributed by atoms with Crippen LogP contribution in [0.1, 0.15) is 35.1 Å². The Hall–Kier alpha value is -7.82. The number of hydrogen-bond donors (Lipinski definition) is 0. The molecule has 3 heterocycles. The average molecular weight is 793 g/mol. The Labute approximate surface area is 360 Å². The molecule has 0 amide bonds. The standard InChI is InChI=1S/C58H40N4/c1-5-17-46-37(11-1)15-9-19-48(46)45-35-50(49-20-10-16-38-12-2-6-18-47(38)49)57-51(36-45)56(43-27-23-41(24-28-43)54-33-31-39-13-3-7-21-52(39)59-54)61-58(62-57)44-29-25-42(26-30-44)55-34-32-40-14-4-8-22-53(40)60-55/h2-10,12-31,33,35-36H,1,11,32,34H2. The van der Waals surface area contributed by atoms with Crippen LogP contribution in [-0.2, 0) is 12.8 Å². The lowest BCUT2D eigenvalue weighted by Gasteiger charge is -2.19. The van der Waals surface area contributed by atoms with Gasteiger partial charge in [-0.15, -0.1) is 0 Å². The van der Waals surface area contributed by atoms with Gasteiger partial charge < -0.3 is 0 Å². The van der Waals surface area contributed by atoms with Crippen LogP contribution in [0.15, 0.2) is 193 Å². The maximum Gasteiger partial charge on any atom is 0.160 e. The van der Waals surface area contributed by atoms with Gasteiger partial charge in [0.2, 0.25) is 0 Å². The molecule has 0 atom stereocenters. The van der Waals surface area contributed by atoms with Crippen molar-refractivity contribution in [2.75, 3.05) is 0 Å². The Kier molecular flexibility index (Phi) is 8.74. The zero-order valence-electron chi connectivity index (χ0n) is 34.1. The Morgan fingerprint density at radius 2 is 1.15 bits per heavy atom. The van der Waals surface area contributed by atoms with Crippen LogP contribution in [0, 0.1) is 0 Å². The SMILES string of the molecule is C1=Cc2c(cccc2-c2cc(-c3cccc4ccccc34)c3nc(-c4ccc(C5=Nc6ccccc6CC5)cc4)nc(-c4ccc(-c5ccc6ccccc6n5)cc4)c3c2)CC1. The summed E-state index contributed by atoms with van der Waals surface area (Å²) >= 11 is 0. The maximum atomic E-state index is 5.54. The second kappa shape index (κ2) is 15.0. The summed E-state index contributed by atoms with van der Waals surface area (Å²) in [5.74, 6) is 0.685. The number of aryl methyl sites for hydroxylation is 2. The summed E-state index contributed by atoms with van der Waals surface area (Å²) in [4.78, 5) is 21.1. The number of para-hydroxylation sites is 2. The van der Waals surface area contributed by atoms with E-state index < -0.39 is 0 Å². The van der Waals surface area contributed by atoms with Crippen molar-refractivity contribution in [3.05, 3.63) is 210 Å². The number of aromatic nitrogens is 3. The van der Waals surface area contributed by atoms with Crippen molar-refractivity contribution in [1.82, 2.24) is 15.0 Å². The number of aliphatic imine (C=N–C) groups is 1. The third kappa shape index (κ3) is 6.40. The lowest BCUT2D eigenvalue weighted by Crippen LogP contribution is -2.07.